The molecule has 0 fully saturated rings. The first-order chi connectivity index (χ1) is 10.3. The first-order valence-corrected chi connectivity index (χ1v) is 7.37. The van der Waals surface area contributed by atoms with Crippen LogP contribution in [0, 0.1) is 0 Å². The predicted molar refractivity (Wildman–Crippen MR) is 84.0 cm³/mol. The molecule has 2 aromatic rings. The molecule has 0 saturated heterocycles. The molecule has 1 N–H and O–H groups in total. The molecule has 3 nitrogen and oxygen atoms in total. The minimum Gasteiger partial charge on any atom is -0.497 e. The van der Waals surface area contributed by atoms with Crippen LogP contribution < -0.4 is 14.8 Å². The molecule has 0 saturated carbocycles. The van der Waals surface area contributed by atoms with Crippen molar-refractivity contribution in [3.63, 3.8) is 0 Å². The van der Waals surface area contributed by atoms with Crippen molar-refractivity contribution in [3.05, 3.63) is 59.7 Å². The zero-order valence-corrected chi connectivity index (χ0v) is 12.5. The molecule has 1 aliphatic carbocycles. The lowest BCUT2D eigenvalue weighted by atomic mass is 9.85. The van der Waals surface area contributed by atoms with E-state index in [0.717, 1.165) is 24.3 Å². The van der Waals surface area contributed by atoms with Gasteiger partial charge in [0.25, 0.3) is 0 Å². The van der Waals surface area contributed by atoms with Crippen molar-refractivity contribution in [2.45, 2.75) is 25.0 Å². The average Bonchev–Trinajstić information content (AvgIpc) is 2.55. The first-order valence-electron chi connectivity index (χ1n) is 7.37. The van der Waals surface area contributed by atoms with Gasteiger partial charge in [0.15, 0.2) is 0 Å². The van der Waals surface area contributed by atoms with E-state index in [0.29, 0.717) is 0 Å². The number of benzene rings is 2. The molecule has 0 heterocycles. The van der Waals surface area contributed by atoms with Crippen molar-refractivity contribution < 1.29 is 9.47 Å². The van der Waals surface area contributed by atoms with Crippen LogP contribution in [0.3, 0.4) is 0 Å². The van der Waals surface area contributed by atoms with Crippen LogP contribution in [-0.4, -0.2) is 20.3 Å². The summed E-state index contributed by atoms with van der Waals surface area (Å²) in [6, 6.07) is 16.6. The highest BCUT2D eigenvalue weighted by atomic mass is 16.5. The van der Waals surface area contributed by atoms with Gasteiger partial charge >= 0.3 is 0 Å². The monoisotopic (exact) mass is 283 g/mol. The van der Waals surface area contributed by atoms with E-state index in [-0.39, 0.29) is 12.1 Å². The van der Waals surface area contributed by atoms with Crippen LogP contribution in [0.25, 0.3) is 0 Å². The molecule has 0 aliphatic heterocycles. The van der Waals surface area contributed by atoms with Gasteiger partial charge in [0, 0.05) is 0 Å². The Hall–Kier alpha value is -2.00. The van der Waals surface area contributed by atoms with Crippen LogP contribution in [0.4, 0.5) is 0 Å². The number of rotatable bonds is 4. The second-order valence-corrected chi connectivity index (χ2v) is 5.34. The SMILES string of the molecule is CNC1c2ccccc2CCC1Oc1ccc(OC)cc1. The van der Waals surface area contributed by atoms with E-state index in [9.17, 15) is 0 Å². The van der Waals surface area contributed by atoms with Crippen LogP contribution in [0.2, 0.25) is 0 Å². The summed E-state index contributed by atoms with van der Waals surface area (Å²) in [7, 11) is 3.67. The molecule has 0 bridgehead atoms. The number of likely N-dealkylation sites (N-methyl/N-ethyl adjacent to an activating group) is 1. The highest BCUT2D eigenvalue weighted by Gasteiger charge is 2.29. The van der Waals surface area contributed by atoms with Crippen molar-refractivity contribution in [1.29, 1.82) is 0 Å². The fourth-order valence-electron chi connectivity index (χ4n) is 3.03. The lowest BCUT2D eigenvalue weighted by Crippen LogP contribution is -2.37. The first kappa shape index (κ1) is 14.0. The van der Waals surface area contributed by atoms with Gasteiger partial charge in [-0.15, -0.1) is 0 Å². The Kier molecular flexibility index (Phi) is 4.11. The summed E-state index contributed by atoms with van der Waals surface area (Å²) in [4.78, 5) is 0. The van der Waals surface area contributed by atoms with E-state index in [1.165, 1.54) is 11.1 Å². The van der Waals surface area contributed by atoms with Gasteiger partial charge in [-0.3, -0.25) is 0 Å². The van der Waals surface area contributed by atoms with Crippen LogP contribution >= 0.6 is 0 Å². The molecule has 3 rings (SSSR count). The van der Waals surface area contributed by atoms with Crippen LogP contribution in [-0.2, 0) is 6.42 Å². The average molecular weight is 283 g/mol. The maximum atomic E-state index is 6.20. The van der Waals surface area contributed by atoms with E-state index in [4.69, 9.17) is 9.47 Å². The summed E-state index contributed by atoms with van der Waals surface area (Å²) in [6.07, 6.45) is 2.24. The Morgan fingerprint density at radius 3 is 2.43 bits per heavy atom. The number of ether oxygens (including phenoxy) is 2. The highest BCUT2D eigenvalue weighted by molar-refractivity contribution is 5.35. The van der Waals surface area contributed by atoms with E-state index >= 15 is 0 Å². The number of hydrogen-bond donors (Lipinski definition) is 1. The largest absolute Gasteiger partial charge is 0.497 e. The van der Waals surface area contributed by atoms with Gasteiger partial charge in [0.05, 0.1) is 13.2 Å². The topological polar surface area (TPSA) is 30.5 Å². The van der Waals surface area contributed by atoms with Crippen molar-refractivity contribution in [2.75, 3.05) is 14.2 Å². The zero-order chi connectivity index (χ0) is 14.7. The third-order valence-electron chi connectivity index (χ3n) is 4.12. The highest BCUT2D eigenvalue weighted by Crippen LogP contribution is 2.32. The number of aryl methyl sites for hydroxylation is 1. The maximum absolute atomic E-state index is 6.20. The van der Waals surface area contributed by atoms with Gasteiger partial charge in [-0.2, -0.15) is 0 Å². The molecule has 0 amide bonds. The van der Waals surface area contributed by atoms with Gasteiger partial charge < -0.3 is 14.8 Å². The standard InChI is InChI=1S/C18H21NO2/c1-19-18-16-6-4-3-5-13(16)7-12-17(18)21-15-10-8-14(20-2)9-11-15/h3-6,8-11,17-19H,7,12H2,1-2H3. The molecule has 110 valence electrons. The smallest absolute Gasteiger partial charge is 0.120 e. The Bertz CT molecular complexity index is 594. The third-order valence-corrected chi connectivity index (χ3v) is 4.12. The summed E-state index contributed by atoms with van der Waals surface area (Å²) in [5.74, 6) is 1.74. The molecule has 2 aromatic carbocycles. The van der Waals surface area contributed by atoms with E-state index in [1.54, 1.807) is 7.11 Å². The van der Waals surface area contributed by atoms with Gasteiger partial charge in [-0.05, 0) is 55.3 Å². The quantitative estimate of drug-likeness (QED) is 0.933. The Labute approximate surface area is 125 Å². The molecule has 0 aromatic heterocycles. The lowest BCUT2D eigenvalue weighted by molar-refractivity contribution is 0.139. The van der Waals surface area contributed by atoms with Crippen LogP contribution in [0.15, 0.2) is 48.5 Å². The van der Waals surface area contributed by atoms with E-state index < -0.39 is 0 Å². The fraction of sp³-hybridized carbons (Fsp3) is 0.333. The number of fused-ring (bicyclic) bond motifs is 1. The van der Waals surface area contributed by atoms with E-state index in [1.807, 2.05) is 31.3 Å². The number of nitrogens with one attached hydrogen (secondary N) is 1. The Balaban J connectivity index is 1.79. The summed E-state index contributed by atoms with van der Waals surface area (Å²) in [6.45, 7) is 0. The van der Waals surface area contributed by atoms with Crippen molar-refractivity contribution >= 4 is 0 Å². The molecule has 1 aliphatic rings. The van der Waals surface area contributed by atoms with Gasteiger partial charge in [0.2, 0.25) is 0 Å². The normalized spacial score (nSPS) is 20.7. The zero-order valence-electron chi connectivity index (χ0n) is 12.5. The summed E-state index contributed by atoms with van der Waals surface area (Å²) in [5.41, 5.74) is 2.77. The summed E-state index contributed by atoms with van der Waals surface area (Å²) >= 11 is 0. The minimum absolute atomic E-state index is 0.151. The van der Waals surface area contributed by atoms with Crippen LogP contribution in [0.5, 0.6) is 11.5 Å². The lowest BCUT2D eigenvalue weighted by Gasteiger charge is -2.33. The minimum atomic E-state index is 0.151. The van der Waals surface area contributed by atoms with Gasteiger partial charge in [0.1, 0.15) is 17.6 Å². The second kappa shape index (κ2) is 6.19. The molecule has 2 atom stereocenters. The third kappa shape index (κ3) is 2.88. The molecule has 21 heavy (non-hydrogen) atoms. The number of methoxy groups -OCH3 is 1. The molecule has 3 heteroatoms. The van der Waals surface area contributed by atoms with Gasteiger partial charge in [-0.25, -0.2) is 0 Å². The molecule has 0 spiro atoms. The number of hydrogen-bond acceptors (Lipinski definition) is 3. The molecule has 0 radical (unpaired) electrons. The van der Waals surface area contributed by atoms with Crippen LogP contribution in [0.1, 0.15) is 23.6 Å². The Morgan fingerprint density at radius 2 is 1.71 bits per heavy atom. The molecular formula is C18H21NO2. The predicted octanol–water partition coefficient (Wildman–Crippen LogP) is 3.35. The van der Waals surface area contributed by atoms with Crippen molar-refractivity contribution in [1.82, 2.24) is 5.32 Å². The molecule has 2 unspecified atom stereocenters. The maximum Gasteiger partial charge on any atom is 0.120 e. The van der Waals surface area contributed by atoms with Gasteiger partial charge in [-0.1, -0.05) is 24.3 Å². The van der Waals surface area contributed by atoms with Crippen molar-refractivity contribution in [3.8, 4) is 11.5 Å². The fourth-order valence-corrected chi connectivity index (χ4v) is 3.03. The summed E-state index contributed by atoms with van der Waals surface area (Å²) in [5, 5.41) is 3.40. The van der Waals surface area contributed by atoms with Crippen molar-refractivity contribution in [2.24, 2.45) is 0 Å². The Morgan fingerprint density at radius 1 is 1.00 bits per heavy atom. The van der Waals surface area contributed by atoms with E-state index in [2.05, 4.69) is 29.6 Å². The second-order valence-electron chi connectivity index (χ2n) is 5.34. The molecular weight excluding hydrogens is 262 g/mol. The summed E-state index contributed by atoms with van der Waals surface area (Å²) < 4.78 is 11.4.